The van der Waals surface area contributed by atoms with Gasteiger partial charge in [-0.05, 0) is 25.1 Å². The van der Waals surface area contributed by atoms with Crippen molar-refractivity contribution < 1.29 is 12.9 Å². The summed E-state index contributed by atoms with van der Waals surface area (Å²) in [5.74, 6) is 0.751. The molecule has 3 aromatic rings. The van der Waals surface area contributed by atoms with Gasteiger partial charge in [-0.1, -0.05) is 5.16 Å². The van der Waals surface area contributed by atoms with Crippen LogP contribution in [0.25, 0.3) is 11.0 Å². The normalized spacial score (nSPS) is 16.6. The number of sulfonamides is 1. The van der Waals surface area contributed by atoms with Gasteiger partial charge in [0.15, 0.2) is 5.76 Å². The Balaban J connectivity index is 1.51. The molecule has 3 heterocycles. The smallest absolute Gasteiger partial charge is 0.314 e. The van der Waals surface area contributed by atoms with Gasteiger partial charge in [0.25, 0.3) is 0 Å². The van der Waals surface area contributed by atoms with Crippen molar-refractivity contribution in [1.29, 1.82) is 0 Å². The molecule has 0 atom stereocenters. The molecule has 0 saturated carbocycles. The zero-order valence-corrected chi connectivity index (χ0v) is 16.0. The molecular formula is C17H19N5O5S. The molecule has 11 heteroatoms. The highest BCUT2D eigenvalue weighted by Crippen LogP contribution is 2.21. The lowest BCUT2D eigenvalue weighted by atomic mass is 10.3. The van der Waals surface area contributed by atoms with E-state index in [0.29, 0.717) is 38.2 Å². The Bertz CT molecular complexity index is 1230. The average molecular weight is 405 g/mol. The van der Waals surface area contributed by atoms with Gasteiger partial charge in [-0.2, -0.15) is 4.31 Å². The van der Waals surface area contributed by atoms with Gasteiger partial charge in [0.1, 0.15) is 0 Å². The molecule has 0 spiro atoms. The Morgan fingerprint density at radius 2 is 1.71 bits per heavy atom. The molecule has 1 aliphatic rings. The number of H-pyrrole nitrogens is 2. The second-order valence-electron chi connectivity index (χ2n) is 6.73. The quantitative estimate of drug-likeness (QED) is 0.585. The van der Waals surface area contributed by atoms with Crippen LogP contribution in [0.5, 0.6) is 0 Å². The summed E-state index contributed by atoms with van der Waals surface area (Å²) in [6.45, 7) is 4.25. The van der Waals surface area contributed by atoms with Crippen LogP contribution in [0.1, 0.15) is 11.5 Å². The number of nitrogens with one attached hydrogen (secondary N) is 2. The van der Waals surface area contributed by atoms with Crippen molar-refractivity contribution >= 4 is 21.1 Å². The zero-order chi connectivity index (χ0) is 19.9. The minimum Gasteiger partial charge on any atom is -0.360 e. The third-order valence-corrected chi connectivity index (χ3v) is 6.61. The summed E-state index contributed by atoms with van der Waals surface area (Å²) >= 11 is 0. The zero-order valence-electron chi connectivity index (χ0n) is 15.1. The lowest BCUT2D eigenvalue weighted by molar-refractivity contribution is 0.166. The number of fused-ring (bicyclic) bond motifs is 1. The van der Waals surface area contributed by atoms with Gasteiger partial charge in [-0.3, -0.25) is 14.5 Å². The van der Waals surface area contributed by atoms with Crippen molar-refractivity contribution in [2.45, 2.75) is 18.4 Å². The lowest BCUT2D eigenvalue weighted by Crippen LogP contribution is -2.48. The van der Waals surface area contributed by atoms with Crippen LogP contribution in [0.2, 0.25) is 0 Å². The maximum Gasteiger partial charge on any atom is 0.314 e. The number of hydrogen-bond acceptors (Lipinski definition) is 7. The van der Waals surface area contributed by atoms with Crippen LogP contribution in [0.4, 0.5) is 0 Å². The molecular weight excluding hydrogens is 386 g/mol. The first-order chi connectivity index (χ1) is 13.3. The van der Waals surface area contributed by atoms with Gasteiger partial charge in [0.2, 0.25) is 10.0 Å². The third-order valence-electron chi connectivity index (χ3n) is 4.72. The summed E-state index contributed by atoms with van der Waals surface area (Å²) in [6, 6.07) is 6.13. The summed E-state index contributed by atoms with van der Waals surface area (Å²) in [4.78, 5) is 29.9. The molecule has 2 N–H and O–H groups in total. The molecule has 28 heavy (non-hydrogen) atoms. The SMILES string of the molecule is Cc1cc(CN2CCN(S(=O)(=O)c3ccc4[nH]c(=O)c(=O)[nH]c4c3)CC2)on1. The fourth-order valence-corrected chi connectivity index (χ4v) is 4.69. The van der Waals surface area contributed by atoms with E-state index in [1.165, 1.54) is 22.5 Å². The highest BCUT2D eigenvalue weighted by molar-refractivity contribution is 7.89. The average Bonchev–Trinajstić information content (AvgIpc) is 3.07. The van der Waals surface area contributed by atoms with Crippen LogP contribution in [-0.2, 0) is 16.6 Å². The summed E-state index contributed by atoms with van der Waals surface area (Å²) in [5.41, 5.74) is -0.146. The van der Waals surface area contributed by atoms with E-state index in [2.05, 4.69) is 20.0 Å². The third kappa shape index (κ3) is 3.51. The summed E-state index contributed by atoms with van der Waals surface area (Å²) < 4.78 is 32.6. The van der Waals surface area contributed by atoms with E-state index < -0.39 is 21.1 Å². The molecule has 0 radical (unpaired) electrons. The van der Waals surface area contributed by atoms with Crippen LogP contribution in [-0.4, -0.2) is 58.9 Å². The maximum atomic E-state index is 13.0. The van der Waals surface area contributed by atoms with Gasteiger partial charge < -0.3 is 14.5 Å². The van der Waals surface area contributed by atoms with Crippen molar-refractivity contribution in [2.75, 3.05) is 26.2 Å². The van der Waals surface area contributed by atoms with Crippen LogP contribution < -0.4 is 11.1 Å². The summed E-state index contributed by atoms with van der Waals surface area (Å²) in [7, 11) is -3.71. The largest absolute Gasteiger partial charge is 0.360 e. The van der Waals surface area contributed by atoms with Gasteiger partial charge >= 0.3 is 11.1 Å². The highest BCUT2D eigenvalue weighted by Gasteiger charge is 2.29. The van der Waals surface area contributed by atoms with E-state index in [4.69, 9.17) is 4.52 Å². The fraction of sp³-hybridized carbons (Fsp3) is 0.353. The van der Waals surface area contributed by atoms with Gasteiger partial charge in [0, 0.05) is 32.2 Å². The van der Waals surface area contributed by atoms with E-state index in [0.717, 1.165) is 11.5 Å². The minimum absolute atomic E-state index is 0.0713. The van der Waals surface area contributed by atoms with E-state index in [1.54, 1.807) is 0 Å². The standard InChI is InChI=1S/C17H19N5O5S/c1-11-8-12(27-20-11)10-21-4-6-22(7-5-21)28(25,26)13-2-3-14-15(9-13)19-17(24)16(23)18-14/h2-3,8-9H,4-7,10H2,1H3,(H,18,23)(H,19,24). The number of aryl methyl sites for hydroxylation is 1. The molecule has 0 unspecified atom stereocenters. The van der Waals surface area contributed by atoms with Crippen molar-refractivity contribution in [3.63, 3.8) is 0 Å². The van der Waals surface area contributed by atoms with Crippen LogP contribution in [0, 0.1) is 6.92 Å². The molecule has 1 saturated heterocycles. The van der Waals surface area contributed by atoms with Crippen LogP contribution in [0.15, 0.2) is 43.3 Å². The fourth-order valence-electron chi connectivity index (χ4n) is 3.24. The van der Waals surface area contributed by atoms with E-state index >= 15 is 0 Å². The number of hydrogen-bond donors (Lipinski definition) is 2. The summed E-state index contributed by atoms with van der Waals surface area (Å²) in [6.07, 6.45) is 0. The Morgan fingerprint density at radius 3 is 2.36 bits per heavy atom. The van der Waals surface area contributed by atoms with Crippen LogP contribution >= 0.6 is 0 Å². The molecule has 1 aliphatic heterocycles. The highest BCUT2D eigenvalue weighted by atomic mass is 32.2. The predicted molar refractivity (Wildman–Crippen MR) is 100 cm³/mol. The number of aromatic nitrogens is 3. The molecule has 148 valence electrons. The number of aromatic amines is 2. The minimum atomic E-state index is -3.71. The Hall–Kier alpha value is -2.76. The van der Waals surface area contributed by atoms with Crippen molar-refractivity contribution in [3.05, 3.63) is 56.4 Å². The molecule has 1 aromatic carbocycles. The molecule has 1 fully saturated rings. The monoisotopic (exact) mass is 405 g/mol. The van der Waals surface area contributed by atoms with Gasteiger partial charge in [-0.15, -0.1) is 0 Å². The molecule has 2 aromatic heterocycles. The first-order valence-corrected chi connectivity index (χ1v) is 10.2. The number of piperazine rings is 1. The van der Waals surface area contributed by atoms with Crippen molar-refractivity contribution in [2.24, 2.45) is 0 Å². The van der Waals surface area contributed by atoms with Gasteiger partial charge in [0.05, 0.1) is 28.2 Å². The molecule has 0 bridgehead atoms. The topological polar surface area (TPSA) is 132 Å². The molecule has 10 nitrogen and oxygen atoms in total. The van der Waals surface area contributed by atoms with E-state index in [1.807, 2.05) is 13.0 Å². The summed E-state index contributed by atoms with van der Waals surface area (Å²) in [5, 5.41) is 3.86. The molecule has 0 amide bonds. The second-order valence-corrected chi connectivity index (χ2v) is 8.67. The van der Waals surface area contributed by atoms with E-state index in [9.17, 15) is 18.0 Å². The second kappa shape index (κ2) is 7.00. The maximum absolute atomic E-state index is 13.0. The van der Waals surface area contributed by atoms with Crippen molar-refractivity contribution in [1.82, 2.24) is 24.3 Å². The van der Waals surface area contributed by atoms with Crippen molar-refractivity contribution in [3.8, 4) is 0 Å². The Morgan fingerprint density at radius 1 is 1.04 bits per heavy atom. The Kier molecular flexibility index (Phi) is 4.65. The molecule has 4 rings (SSSR count). The Labute approximate surface area is 159 Å². The van der Waals surface area contributed by atoms with Crippen LogP contribution in [0.3, 0.4) is 0 Å². The first kappa shape index (κ1) is 18.6. The molecule has 0 aliphatic carbocycles. The first-order valence-electron chi connectivity index (χ1n) is 8.74. The number of nitrogens with zero attached hydrogens (tertiary/aromatic N) is 3. The number of benzene rings is 1. The van der Waals surface area contributed by atoms with E-state index in [-0.39, 0.29) is 10.4 Å². The predicted octanol–water partition coefficient (Wildman–Crippen LogP) is 0.0193. The lowest BCUT2D eigenvalue weighted by Gasteiger charge is -2.33. The van der Waals surface area contributed by atoms with Gasteiger partial charge in [-0.25, -0.2) is 8.42 Å². The number of rotatable bonds is 4.